The molecule has 1 aromatic rings. The predicted molar refractivity (Wildman–Crippen MR) is 81.2 cm³/mol. The Balaban J connectivity index is 2.69. The molecular weight excluding hydrogens is 280 g/mol. The van der Waals surface area contributed by atoms with Crippen molar-refractivity contribution in [3.8, 4) is 0 Å². The van der Waals surface area contributed by atoms with E-state index in [1.807, 2.05) is 19.4 Å². The van der Waals surface area contributed by atoms with Gasteiger partial charge < -0.3 is 5.32 Å². The largest absolute Gasteiger partial charge is 0.315 e. The van der Waals surface area contributed by atoms with Crippen LogP contribution in [0.4, 0.5) is 0 Å². The summed E-state index contributed by atoms with van der Waals surface area (Å²) in [5.41, 5.74) is 0.830. The summed E-state index contributed by atoms with van der Waals surface area (Å²) < 4.78 is 27.3. The maximum atomic E-state index is 12.3. The van der Waals surface area contributed by atoms with Gasteiger partial charge in [-0.25, -0.2) is 13.1 Å². The maximum absolute atomic E-state index is 12.3. The van der Waals surface area contributed by atoms with Crippen LogP contribution in [0.15, 0.2) is 10.3 Å². The molecule has 0 aromatic carbocycles. The van der Waals surface area contributed by atoms with Crippen LogP contribution in [0, 0.1) is 6.92 Å². The van der Waals surface area contributed by atoms with E-state index in [0.29, 0.717) is 18.0 Å². The molecule has 0 saturated carbocycles. The lowest BCUT2D eigenvalue weighted by molar-refractivity contribution is 0.572. The minimum absolute atomic E-state index is 0.461. The quantitative estimate of drug-likeness (QED) is 0.690. The fraction of sp³-hybridized carbons (Fsp3) is 0.692. The van der Waals surface area contributed by atoms with Crippen molar-refractivity contribution in [2.45, 2.75) is 51.0 Å². The average Bonchev–Trinajstić information content (AvgIpc) is 2.71. The highest BCUT2D eigenvalue weighted by Gasteiger charge is 2.21. The van der Waals surface area contributed by atoms with E-state index in [1.54, 1.807) is 0 Å². The lowest BCUT2D eigenvalue weighted by atomic mass is 10.2. The molecule has 0 amide bonds. The normalized spacial score (nSPS) is 11.9. The highest BCUT2D eigenvalue weighted by atomic mass is 32.2. The lowest BCUT2D eigenvalue weighted by Crippen LogP contribution is -2.26. The van der Waals surface area contributed by atoms with Crippen LogP contribution >= 0.6 is 11.3 Å². The summed E-state index contributed by atoms with van der Waals surface area (Å²) in [5.74, 6) is 0. The summed E-state index contributed by atoms with van der Waals surface area (Å²) >= 11 is 1.49. The van der Waals surface area contributed by atoms with Gasteiger partial charge in [-0.05, 0) is 31.3 Å². The molecule has 2 N–H and O–H groups in total. The van der Waals surface area contributed by atoms with E-state index in [0.717, 1.165) is 36.1 Å². The molecule has 0 aliphatic heterocycles. The van der Waals surface area contributed by atoms with Crippen molar-refractivity contribution in [2.24, 2.45) is 0 Å². The van der Waals surface area contributed by atoms with Crippen LogP contribution in [0.1, 0.15) is 43.0 Å². The Kier molecular flexibility index (Phi) is 6.99. The van der Waals surface area contributed by atoms with Crippen molar-refractivity contribution < 1.29 is 8.42 Å². The van der Waals surface area contributed by atoms with Gasteiger partial charge in [0.1, 0.15) is 4.90 Å². The predicted octanol–water partition coefficient (Wildman–Crippen LogP) is 2.63. The van der Waals surface area contributed by atoms with Gasteiger partial charge in [0, 0.05) is 18.0 Å². The summed E-state index contributed by atoms with van der Waals surface area (Å²) in [5, 5.41) is 4.91. The maximum Gasteiger partial charge on any atom is 0.241 e. The van der Waals surface area contributed by atoms with Crippen LogP contribution in [-0.4, -0.2) is 22.0 Å². The minimum atomic E-state index is -3.37. The zero-order chi connectivity index (χ0) is 14.3. The number of hydrogen-bond donors (Lipinski definition) is 2. The molecule has 4 nitrogen and oxygen atoms in total. The Morgan fingerprint density at radius 1 is 1.26 bits per heavy atom. The van der Waals surface area contributed by atoms with Crippen molar-refractivity contribution in [3.63, 3.8) is 0 Å². The van der Waals surface area contributed by atoms with Crippen LogP contribution in [0.2, 0.25) is 0 Å². The molecule has 0 spiro atoms. The van der Waals surface area contributed by atoms with Gasteiger partial charge in [-0.2, -0.15) is 0 Å². The van der Waals surface area contributed by atoms with Gasteiger partial charge >= 0.3 is 0 Å². The summed E-state index contributed by atoms with van der Waals surface area (Å²) in [4.78, 5) is 1.34. The van der Waals surface area contributed by atoms with Crippen molar-refractivity contribution in [3.05, 3.63) is 15.8 Å². The highest BCUT2D eigenvalue weighted by molar-refractivity contribution is 7.89. The molecule has 0 bridgehead atoms. The SMILES string of the molecule is CCCCCCNS(=O)(=O)c1c(C)csc1CNC. The summed E-state index contributed by atoms with van der Waals surface area (Å²) in [6.45, 7) is 5.10. The second-order valence-electron chi connectivity index (χ2n) is 4.66. The van der Waals surface area contributed by atoms with Crippen molar-refractivity contribution >= 4 is 21.4 Å². The summed E-state index contributed by atoms with van der Waals surface area (Å²) in [7, 11) is -1.54. The standard InChI is InChI=1S/C13H24N2O2S2/c1-4-5-6-7-8-15-19(16,17)13-11(2)10-18-12(13)9-14-3/h10,14-15H,4-9H2,1-3H3. The summed E-state index contributed by atoms with van der Waals surface area (Å²) in [6.07, 6.45) is 4.29. The Labute approximate surface area is 120 Å². The van der Waals surface area contributed by atoms with Crippen molar-refractivity contribution in [2.75, 3.05) is 13.6 Å². The third kappa shape index (κ3) is 4.87. The average molecular weight is 304 g/mol. The Morgan fingerprint density at radius 3 is 2.63 bits per heavy atom. The molecule has 1 rings (SSSR count). The number of unbranched alkanes of at least 4 members (excludes halogenated alkanes) is 3. The third-order valence-corrected chi connectivity index (χ3v) is 5.84. The molecular formula is C13H24N2O2S2. The second-order valence-corrected chi connectivity index (χ2v) is 7.33. The van der Waals surface area contributed by atoms with Crippen LogP contribution < -0.4 is 10.0 Å². The fourth-order valence-corrected chi connectivity index (χ4v) is 4.85. The zero-order valence-electron chi connectivity index (χ0n) is 12.0. The molecule has 1 aromatic heterocycles. The number of thiophene rings is 1. The van der Waals surface area contributed by atoms with Gasteiger partial charge in [0.2, 0.25) is 10.0 Å². The first-order chi connectivity index (χ1) is 9.03. The van der Waals surface area contributed by atoms with E-state index in [9.17, 15) is 8.42 Å². The Bertz CT molecular complexity index is 481. The van der Waals surface area contributed by atoms with Crippen LogP contribution in [0.3, 0.4) is 0 Å². The van der Waals surface area contributed by atoms with Crippen molar-refractivity contribution in [1.29, 1.82) is 0 Å². The van der Waals surface area contributed by atoms with Gasteiger partial charge in [-0.15, -0.1) is 11.3 Å². The van der Waals surface area contributed by atoms with E-state index in [-0.39, 0.29) is 0 Å². The van der Waals surface area contributed by atoms with E-state index in [1.165, 1.54) is 11.3 Å². The molecule has 0 aliphatic carbocycles. The molecule has 19 heavy (non-hydrogen) atoms. The molecule has 0 saturated heterocycles. The van der Waals surface area contributed by atoms with Crippen LogP contribution in [0.25, 0.3) is 0 Å². The van der Waals surface area contributed by atoms with E-state index in [4.69, 9.17) is 0 Å². The monoisotopic (exact) mass is 304 g/mol. The highest BCUT2D eigenvalue weighted by Crippen LogP contribution is 2.26. The van der Waals surface area contributed by atoms with Gasteiger partial charge in [-0.1, -0.05) is 26.2 Å². The first-order valence-electron chi connectivity index (χ1n) is 6.74. The molecule has 0 aliphatic rings. The van der Waals surface area contributed by atoms with Gasteiger partial charge in [-0.3, -0.25) is 0 Å². The number of aryl methyl sites for hydroxylation is 1. The topological polar surface area (TPSA) is 58.2 Å². The van der Waals surface area contributed by atoms with Gasteiger partial charge in [0.15, 0.2) is 0 Å². The molecule has 110 valence electrons. The second kappa shape index (κ2) is 7.99. The van der Waals surface area contributed by atoms with Crippen LogP contribution in [0.5, 0.6) is 0 Å². The van der Waals surface area contributed by atoms with Gasteiger partial charge in [0.05, 0.1) is 0 Å². The molecule has 0 radical (unpaired) electrons. The van der Waals surface area contributed by atoms with E-state index in [2.05, 4.69) is 17.0 Å². The smallest absolute Gasteiger partial charge is 0.241 e. The summed E-state index contributed by atoms with van der Waals surface area (Å²) in [6, 6.07) is 0. The zero-order valence-corrected chi connectivity index (χ0v) is 13.6. The van der Waals surface area contributed by atoms with E-state index < -0.39 is 10.0 Å². The van der Waals surface area contributed by atoms with Gasteiger partial charge in [0.25, 0.3) is 0 Å². The molecule has 6 heteroatoms. The first-order valence-corrected chi connectivity index (χ1v) is 9.10. The Morgan fingerprint density at radius 2 is 2.00 bits per heavy atom. The van der Waals surface area contributed by atoms with Crippen LogP contribution in [-0.2, 0) is 16.6 Å². The van der Waals surface area contributed by atoms with E-state index >= 15 is 0 Å². The fourth-order valence-electron chi connectivity index (χ4n) is 1.96. The first kappa shape index (κ1) is 16.6. The molecule has 0 fully saturated rings. The molecule has 1 heterocycles. The number of rotatable bonds is 9. The number of hydrogen-bond acceptors (Lipinski definition) is 4. The lowest BCUT2D eigenvalue weighted by Gasteiger charge is -2.09. The molecule has 0 unspecified atom stereocenters. The minimum Gasteiger partial charge on any atom is -0.315 e. The number of sulfonamides is 1. The molecule has 0 atom stereocenters. The Hall–Kier alpha value is -0.430. The van der Waals surface area contributed by atoms with Crippen molar-refractivity contribution in [1.82, 2.24) is 10.0 Å². The third-order valence-electron chi connectivity index (χ3n) is 2.92. The number of nitrogens with one attached hydrogen (secondary N) is 2.